The standard InChI is InChI=1S/C17H22N6/c1-11(2)9-12(10-18)20-15-7-3-6-14(21-15)16-13-5-4-8-19-17(13)23-22-16/h3-8,11-12H,9-10,18H2,1-2H3,(H,20,21)(H,19,22,23)/t12-/m0/s1. The summed E-state index contributed by atoms with van der Waals surface area (Å²) in [5, 5.41) is 11.7. The van der Waals surface area contributed by atoms with Crippen LogP contribution in [0.2, 0.25) is 0 Å². The van der Waals surface area contributed by atoms with Crippen molar-refractivity contribution in [1.82, 2.24) is 20.2 Å². The van der Waals surface area contributed by atoms with Crippen LogP contribution in [0.15, 0.2) is 36.5 Å². The van der Waals surface area contributed by atoms with Crippen LogP contribution in [-0.2, 0) is 0 Å². The van der Waals surface area contributed by atoms with Gasteiger partial charge in [0, 0.05) is 24.2 Å². The Morgan fingerprint density at radius 1 is 1.22 bits per heavy atom. The van der Waals surface area contributed by atoms with Gasteiger partial charge in [-0.3, -0.25) is 5.10 Å². The van der Waals surface area contributed by atoms with Gasteiger partial charge < -0.3 is 11.1 Å². The molecule has 0 bridgehead atoms. The van der Waals surface area contributed by atoms with Crippen LogP contribution < -0.4 is 11.1 Å². The van der Waals surface area contributed by atoms with Crippen LogP contribution in [0.4, 0.5) is 5.82 Å². The Morgan fingerprint density at radius 2 is 2.09 bits per heavy atom. The lowest BCUT2D eigenvalue weighted by Gasteiger charge is -2.19. The van der Waals surface area contributed by atoms with Crippen molar-refractivity contribution in [2.45, 2.75) is 26.3 Å². The van der Waals surface area contributed by atoms with Crippen LogP contribution in [-0.4, -0.2) is 32.8 Å². The average molecular weight is 310 g/mol. The number of aromatic amines is 1. The van der Waals surface area contributed by atoms with Gasteiger partial charge in [0.15, 0.2) is 5.65 Å². The van der Waals surface area contributed by atoms with Crippen LogP contribution in [0.1, 0.15) is 20.3 Å². The van der Waals surface area contributed by atoms with Gasteiger partial charge in [-0.05, 0) is 36.6 Å². The summed E-state index contributed by atoms with van der Waals surface area (Å²) in [6, 6.07) is 9.99. The highest BCUT2D eigenvalue weighted by atomic mass is 15.2. The van der Waals surface area contributed by atoms with Crippen LogP contribution >= 0.6 is 0 Å². The summed E-state index contributed by atoms with van der Waals surface area (Å²) >= 11 is 0. The molecule has 3 heterocycles. The van der Waals surface area contributed by atoms with Crippen molar-refractivity contribution in [3.05, 3.63) is 36.5 Å². The fraction of sp³-hybridized carbons (Fsp3) is 0.353. The first-order valence-corrected chi connectivity index (χ1v) is 7.90. The Kier molecular flexibility index (Phi) is 4.52. The lowest BCUT2D eigenvalue weighted by atomic mass is 10.0. The van der Waals surface area contributed by atoms with E-state index < -0.39 is 0 Å². The Balaban J connectivity index is 1.88. The highest BCUT2D eigenvalue weighted by Gasteiger charge is 2.12. The summed E-state index contributed by atoms with van der Waals surface area (Å²) in [5.41, 5.74) is 8.25. The molecule has 0 aliphatic carbocycles. The fourth-order valence-electron chi connectivity index (χ4n) is 2.69. The highest BCUT2D eigenvalue weighted by Crippen LogP contribution is 2.24. The van der Waals surface area contributed by atoms with E-state index in [0.717, 1.165) is 34.7 Å². The molecule has 0 radical (unpaired) electrons. The van der Waals surface area contributed by atoms with Crippen LogP contribution in [0.3, 0.4) is 0 Å². The molecule has 0 amide bonds. The second-order valence-corrected chi connectivity index (χ2v) is 6.09. The third-order valence-corrected chi connectivity index (χ3v) is 3.72. The van der Waals surface area contributed by atoms with Crippen LogP contribution in [0.25, 0.3) is 22.4 Å². The molecule has 6 heteroatoms. The summed E-state index contributed by atoms with van der Waals surface area (Å²) < 4.78 is 0. The Bertz CT molecular complexity index is 779. The fourth-order valence-corrected chi connectivity index (χ4v) is 2.69. The summed E-state index contributed by atoms with van der Waals surface area (Å²) in [6.45, 7) is 4.97. The van der Waals surface area contributed by atoms with Crippen molar-refractivity contribution in [2.75, 3.05) is 11.9 Å². The second kappa shape index (κ2) is 6.75. The van der Waals surface area contributed by atoms with Crippen molar-refractivity contribution in [3.63, 3.8) is 0 Å². The maximum Gasteiger partial charge on any atom is 0.155 e. The zero-order valence-corrected chi connectivity index (χ0v) is 13.5. The van der Waals surface area contributed by atoms with E-state index in [-0.39, 0.29) is 6.04 Å². The molecule has 0 aliphatic heterocycles. The van der Waals surface area contributed by atoms with E-state index in [1.165, 1.54) is 0 Å². The molecule has 0 saturated heterocycles. The topological polar surface area (TPSA) is 92.5 Å². The number of rotatable bonds is 6. The summed E-state index contributed by atoms with van der Waals surface area (Å²) in [6.07, 6.45) is 2.76. The molecular weight excluding hydrogens is 288 g/mol. The minimum atomic E-state index is 0.218. The molecule has 6 nitrogen and oxygen atoms in total. The number of anilines is 1. The zero-order valence-electron chi connectivity index (χ0n) is 13.5. The van der Waals surface area contributed by atoms with Gasteiger partial charge >= 0.3 is 0 Å². The van der Waals surface area contributed by atoms with Crippen LogP contribution in [0, 0.1) is 5.92 Å². The average Bonchev–Trinajstić information content (AvgIpc) is 2.98. The number of nitrogens with one attached hydrogen (secondary N) is 2. The van der Waals surface area contributed by atoms with E-state index in [1.54, 1.807) is 6.20 Å². The van der Waals surface area contributed by atoms with Gasteiger partial charge in [-0.15, -0.1) is 0 Å². The summed E-state index contributed by atoms with van der Waals surface area (Å²) in [4.78, 5) is 8.95. The van der Waals surface area contributed by atoms with Gasteiger partial charge in [-0.25, -0.2) is 9.97 Å². The van der Waals surface area contributed by atoms with Crippen LogP contribution in [0.5, 0.6) is 0 Å². The van der Waals surface area contributed by atoms with Gasteiger partial charge in [-0.1, -0.05) is 19.9 Å². The Hall–Kier alpha value is -2.47. The molecule has 1 atom stereocenters. The normalized spacial score (nSPS) is 12.7. The number of nitrogens with zero attached hydrogens (tertiary/aromatic N) is 3. The number of hydrogen-bond acceptors (Lipinski definition) is 5. The first-order chi connectivity index (χ1) is 11.2. The van der Waals surface area contributed by atoms with Gasteiger partial charge in [-0.2, -0.15) is 5.10 Å². The van der Waals surface area contributed by atoms with E-state index in [4.69, 9.17) is 5.73 Å². The highest BCUT2D eigenvalue weighted by molar-refractivity contribution is 5.89. The first-order valence-electron chi connectivity index (χ1n) is 7.90. The quantitative estimate of drug-likeness (QED) is 0.651. The number of fused-ring (bicyclic) bond motifs is 1. The number of H-pyrrole nitrogens is 1. The van der Waals surface area contributed by atoms with E-state index in [9.17, 15) is 0 Å². The maximum absolute atomic E-state index is 5.86. The minimum Gasteiger partial charge on any atom is -0.366 e. The lowest BCUT2D eigenvalue weighted by molar-refractivity contribution is 0.521. The van der Waals surface area contributed by atoms with Crippen molar-refractivity contribution in [1.29, 1.82) is 0 Å². The molecular formula is C17H22N6. The number of pyridine rings is 2. The molecule has 3 rings (SSSR count). The molecule has 3 aromatic heterocycles. The van der Waals surface area contributed by atoms with Gasteiger partial charge in [0.25, 0.3) is 0 Å². The Labute approximate surface area is 135 Å². The predicted molar refractivity (Wildman–Crippen MR) is 93.0 cm³/mol. The predicted octanol–water partition coefficient (Wildman–Crippen LogP) is 2.81. The van der Waals surface area contributed by atoms with E-state index in [1.807, 2.05) is 30.3 Å². The SMILES string of the molecule is CC(C)C[C@@H](CN)Nc1cccc(-c2n[nH]c3ncccc23)n1. The zero-order chi connectivity index (χ0) is 16.2. The number of hydrogen-bond donors (Lipinski definition) is 3. The van der Waals surface area contributed by atoms with E-state index in [2.05, 4.69) is 39.3 Å². The smallest absolute Gasteiger partial charge is 0.155 e. The van der Waals surface area contributed by atoms with Crippen molar-refractivity contribution >= 4 is 16.9 Å². The molecule has 0 fully saturated rings. The largest absolute Gasteiger partial charge is 0.366 e. The molecule has 0 aliphatic rings. The van der Waals surface area contributed by atoms with Gasteiger partial charge in [0.05, 0.1) is 5.69 Å². The maximum atomic E-state index is 5.86. The molecule has 120 valence electrons. The molecule has 0 saturated carbocycles. The Morgan fingerprint density at radius 3 is 2.87 bits per heavy atom. The van der Waals surface area contributed by atoms with Gasteiger partial charge in [0.2, 0.25) is 0 Å². The third kappa shape index (κ3) is 3.48. The van der Waals surface area contributed by atoms with Crippen molar-refractivity contribution < 1.29 is 0 Å². The van der Waals surface area contributed by atoms with Crippen molar-refractivity contribution in [2.24, 2.45) is 11.7 Å². The van der Waals surface area contributed by atoms with Gasteiger partial charge in [0.1, 0.15) is 11.5 Å². The minimum absolute atomic E-state index is 0.218. The molecule has 0 spiro atoms. The monoisotopic (exact) mass is 310 g/mol. The molecule has 0 unspecified atom stereocenters. The third-order valence-electron chi connectivity index (χ3n) is 3.72. The van der Waals surface area contributed by atoms with E-state index >= 15 is 0 Å². The first kappa shape index (κ1) is 15.4. The molecule has 0 aromatic carbocycles. The molecule has 23 heavy (non-hydrogen) atoms. The second-order valence-electron chi connectivity index (χ2n) is 6.09. The lowest BCUT2D eigenvalue weighted by Crippen LogP contribution is -2.30. The molecule has 3 aromatic rings. The number of aromatic nitrogens is 4. The molecule has 4 N–H and O–H groups in total. The summed E-state index contributed by atoms with van der Waals surface area (Å²) in [5.74, 6) is 1.40. The van der Waals surface area contributed by atoms with Crippen molar-refractivity contribution in [3.8, 4) is 11.4 Å². The van der Waals surface area contributed by atoms with E-state index in [0.29, 0.717) is 12.5 Å². The number of nitrogens with two attached hydrogens (primary N) is 1. The summed E-state index contributed by atoms with van der Waals surface area (Å²) in [7, 11) is 0.